The topological polar surface area (TPSA) is 58.6 Å². The van der Waals surface area contributed by atoms with Crippen LogP contribution in [0.3, 0.4) is 0 Å². The molecule has 0 heterocycles. The van der Waals surface area contributed by atoms with Crippen LogP contribution in [-0.2, 0) is 16.1 Å². The number of rotatable bonds is 8. The van der Waals surface area contributed by atoms with Crippen molar-refractivity contribution in [2.24, 2.45) is 0 Å². The van der Waals surface area contributed by atoms with Crippen molar-refractivity contribution in [3.8, 4) is 5.75 Å². The van der Waals surface area contributed by atoms with Gasteiger partial charge in [-0.15, -0.1) is 0 Å². The van der Waals surface area contributed by atoms with E-state index in [0.717, 1.165) is 39.3 Å². The Morgan fingerprint density at radius 3 is 2.39 bits per heavy atom. The standard InChI is InChI=1S/C24H28BrIN2O3/c1-17(24(30)27-21-5-3-2-4-6-21)28(15-18-7-9-19(25)10-8-18)23(29)16-31-22-13-11-20(26)12-14-22/h7-14,17,21H,2-6,15-16H2,1H3,(H,27,30)/t17-/m1/s1. The highest BCUT2D eigenvalue weighted by Gasteiger charge is 2.28. The van der Waals surface area contributed by atoms with Crippen molar-refractivity contribution in [3.63, 3.8) is 0 Å². The first kappa shape index (κ1) is 24.0. The zero-order valence-electron chi connectivity index (χ0n) is 17.7. The van der Waals surface area contributed by atoms with E-state index in [4.69, 9.17) is 4.74 Å². The molecule has 1 atom stereocenters. The Morgan fingerprint density at radius 1 is 1.10 bits per heavy atom. The monoisotopic (exact) mass is 598 g/mol. The Balaban J connectivity index is 1.69. The Hall–Kier alpha value is -1.61. The summed E-state index contributed by atoms with van der Waals surface area (Å²) in [5.41, 5.74) is 0.961. The predicted octanol–water partition coefficient (Wildman–Crippen LogP) is 5.30. The van der Waals surface area contributed by atoms with Crippen molar-refractivity contribution < 1.29 is 14.3 Å². The van der Waals surface area contributed by atoms with Crippen LogP contribution in [0.4, 0.5) is 0 Å². The summed E-state index contributed by atoms with van der Waals surface area (Å²) in [7, 11) is 0. The fraction of sp³-hybridized carbons (Fsp3) is 0.417. The molecule has 2 amide bonds. The van der Waals surface area contributed by atoms with Crippen LogP contribution in [0, 0.1) is 3.57 Å². The minimum atomic E-state index is -0.585. The van der Waals surface area contributed by atoms with E-state index in [1.807, 2.05) is 48.5 Å². The van der Waals surface area contributed by atoms with Crippen molar-refractivity contribution in [1.82, 2.24) is 10.2 Å². The fourth-order valence-corrected chi connectivity index (χ4v) is 4.32. The molecule has 31 heavy (non-hydrogen) atoms. The molecule has 0 spiro atoms. The molecule has 3 rings (SSSR count). The fourth-order valence-electron chi connectivity index (χ4n) is 3.70. The van der Waals surface area contributed by atoms with E-state index in [1.54, 1.807) is 11.8 Å². The highest BCUT2D eigenvalue weighted by Crippen LogP contribution is 2.19. The Morgan fingerprint density at radius 2 is 1.74 bits per heavy atom. The van der Waals surface area contributed by atoms with Gasteiger partial charge in [-0.3, -0.25) is 9.59 Å². The van der Waals surface area contributed by atoms with Crippen molar-refractivity contribution in [3.05, 3.63) is 62.1 Å². The van der Waals surface area contributed by atoms with Gasteiger partial charge in [0.25, 0.3) is 5.91 Å². The van der Waals surface area contributed by atoms with Gasteiger partial charge in [0, 0.05) is 20.6 Å². The SMILES string of the molecule is C[C@H](C(=O)NC1CCCCC1)N(Cc1ccc(Br)cc1)C(=O)COc1ccc(I)cc1. The number of halogens is 2. The summed E-state index contributed by atoms with van der Waals surface area (Å²) >= 11 is 5.66. The minimum Gasteiger partial charge on any atom is -0.484 e. The van der Waals surface area contributed by atoms with Gasteiger partial charge >= 0.3 is 0 Å². The number of nitrogens with zero attached hydrogens (tertiary/aromatic N) is 1. The third kappa shape index (κ3) is 7.49. The highest BCUT2D eigenvalue weighted by molar-refractivity contribution is 14.1. The molecule has 1 saturated carbocycles. The van der Waals surface area contributed by atoms with Crippen molar-refractivity contribution in [2.75, 3.05) is 6.61 Å². The van der Waals surface area contributed by atoms with Gasteiger partial charge < -0.3 is 15.0 Å². The molecule has 2 aromatic rings. The number of benzene rings is 2. The maximum Gasteiger partial charge on any atom is 0.261 e. The van der Waals surface area contributed by atoms with Crippen molar-refractivity contribution in [2.45, 2.75) is 57.7 Å². The molecule has 0 unspecified atom stereocenters. The summed E-state index contributed by atoms with van der Waals surface area (Å²) in [5.74, 6) is 0.316. The van der Waals surface area contributed by atoms with Crippen LogP contribution in [0.15, 0.2) is 53.0 Å². The zero-order valence-corrected chi connectivity index (χ0v) is 21.4. The minimum absolute atomic E-state index is 0.105. The lowest BCUT2D eigenvalue weighted by atomic mass is 9.95. The van der Waals surface area contributed by atoms with Gasteiger partial charge in [-0.05, 0) is 84.3 Å². The first-order valence-electron chi connectivity index (χ1n) is 10.6. The summed E-state index contributed by atoms with van der Waals surface area (Å²) < 4.78 is 7.78. The molecular weight excluding hydrogens is 571 g/mol. The first-order valence-corrected chi connectivity index (χ1v) is 12.5. The smallest absolute Gasteiger partial charge is 0.261 e. The molecule has 5 nitrogen and oxygen atoms in total. The molecule has 0 bridgehead atoms. The van der Waals surface area contributed by atoms with Gasteiger partial charge in [0.05, 0.1) is 0 Å². The number of hydrogen-bond acceptors (Lipinski definition) is 3. The molecular formula is C24H28BrIN2O3. The number of hydrogen-bond donors (Lipinski definition) is 1. The quantitative estimate of drug-likeness (QED) is 0.420. The molecule has 1 fully saturated rings. The van der Waals surface area contributed by atoms with Gasteiger partial charge in [0.2, 0.25) is 5.91 Å². The van der Waals surface area contributed by atoms with E-state index in [0.29, 0.717) is 12.3 Å². The van der Waals surface area contributed by atoms with E-state index in [9.17, 15) is 9.59 Å². The number of carbonyl (C=O) groups is 2. The summed E-state index contributed by atoms with van der Waals surface area (Å²) in [5, 5.41) is 3.15. The summed E-state index contributed by atoms with van der Waals surface area (Å²) in [6.07, 6.45) is 5.53. The highest BCUT2D eigenvalue weighted by atomic mass is 127. The van der Waals surface area contributed by atoms with Crippen molar-refractivity contribution >= 4 is 50.3 Å². The molecule has 7 heteroatoms. The largest absolute Gasteiger partial charge is 0.484 e. The van der Waals surface area contributed by atoms with E-state index in [2.05, 4.69) is 43.8 Å². The predicted molar refractivity (Wildman–Crippen MR) is 134 cm³/mol. The molecule has 1 aliphatic rings. The Labute approximate surface area is 206 Å². The maximum atomic E-state index is 13.1. The molecule has 0 saturated heterocycles. The third-order valence-electron chi connectivity index (χ3n) is 5.56. The summed E-state index contributed by atoms with van der Waals surface area (Å²) in [6, 6.07) is 14.9. The first-order chi connectivity index (χ1) is 14.9. The third-order valence-corrected chi connectivity index (χ3v) is 6.81. The van der Waals surface area contributed by atoms with Gasteiger partial charge in [-0.1, -0.05) is 47.3 Å². The van der Waals surface area contributed by atoms with Gasteiger partial charge in [-0.2, -0.15) is 0 Å². The average Bonchev–Trinajstić information content (AvgIpc) is 2.78. The lowest BCUT2D eigenvalue weighted by molar-refractivity contribution is -0.142. The van der Waals surface area contributed by atoms with Crippen LogP contribution in [0.1, 0.15) is 44.6 Å². The molecule has 1 aliphatic carbocycles. The van der Waals surface area contributed by atoms with Crippen LogP contribution >= 0.6 is 38.5 Å². The molecule has 0 aliphatic heterocycles. The normalized spacial score (nSPS) is 15.2. The van der Waals surface area contributed by atoms with E-state index in [-0.39, 0.29) is 24.5 Å². The van der Waals surface area contributed by atoms with Gasteiger partial charge in [0.15, 0.2) is 6.61 Å². The number of carbonyl (C=O) groups excluding carboxylic acids is 2. The van der Waals surface area contributed by atoms with Gasteiger partial charge in [0.1, 0.15) is 11.8 Å². The van der Waals surface area contributed by atoms with E-state index >= 15 is 0 Å². The van der Waals surface area contributed by atoms with Crippen LogP contribution in [0.5, 0.6) is 5.75 Å². The van der Waals surface area contributed by atoms with Crippen LogP contribution in [0.2, 0.25) is 0 Å². The summed E-state index contributed by atoms with van der Waals surface area (Å²) in [4.78, 5) is 27.7. The lowest BCUT2D eigenvalue weighted by Crippen LogP contribution is -2.51. The second kappa shape index (κ2) is 11.9. The van der Waals surface area contributed by atoms with E-state index < -0.39 is 6.04 Å². The molecule has 1 N–H and O–H groups in total. The van der Waals surface area contributed by atoms with Gasteiger partial charge in [-0.25, -0.2) is 0 Å². The molecule has 2 aromatic carbocycles. The molecule has 0 aromatic heterocycles. The second-order valence-electron chi connectivity index (χ2n) is 7.91. The lowest BCUT2D eigenvalue weighted by Gasteiger charge is -2.31. The van der Waals surface area contributed by atoms with Crippen molar-refractivity contribution in [1.29, 1.82) is 0 Å². The summed E-state index contributed by atoms with van der Waals surface area (Å²) in [6.45, 7) is 2.03. The van der Waals surface area contributed by atoms with E-state index in [1.165, 1.54) is 6.42 Å². The molecule has 0 radical (unpaired) electrons. The second-order valence-corrected chi connectivity index (χ2v) is 10.1. The Kier molecular flexibility index (Phi) is 9.19. The Bertz CT molecular complexity index is 867. The number of ether oxygens (including phenoxy) is 1. The zero-order chi connectivity index (χ0) is 22.2. The van der Waals surface area contributed by atoms with Crippen LogP contribution in [-0.4, -0.2) is 35.4 Å². The van der Waals surface area contributed by atoms with Crippen LogP contribution < -0.4 is 10.1 Å². The number of amides is 2. The maximum absolute atomic E-state index is 13.1. The average molecular weight is 599 g/mol. The number of nitrogens with one attached hydrogen (secondary N) is 1. The molecule has 166 valence electrons. The van der Waals surface area contributed by atoms with Crippen LogP contribution in [0.25, 0.3) is 0 Å².